The highest BCUT2D eigenvalue weighted by Gasteiger charge is 2.30. The molecule has 0 fully saturated rings. The molecule has 4 heteroatoms. The average Bonchev–Trinajstić information content (AvgIpc) is 2.91. The van der Waals surface area contributed by atoms with E-state index in [1.807, 2.05) is 24.3 Å². The van der Waals surface area contributed by atoms with E-state index in [1.165, 1.54) is 11.1 Å². The van der Waals surface area contributed by atoms with Crippen LogP contribution in [-0.4, -0.2) is 30.2 Å². The molecule has 0 saturated carbocycles. The van der Waals surface area contributed by atoms with Crippen molar-refractivity contribution >= 4 is 0 Å². The summed E-state index contributed by atoms with van der Waals surface area (Å²) in [5, 5.41) is 20.4. The summed E-state index contributed by atoms with van der Waals surface area (Å²) in [7, 11) is 3.35. The molecule has 0 aliphatic heterocycles. The number of aryl methyl sites for hydroxylation is 4. The van der Waals surface area contributed by atoms with Crippen molar-refractivity contribution in [1.82, 2.24) is 0 Å². The van der Waals surface area contributed by atoms with Crippen molar-refractivity contribution < 1.29 is 19.7 Å². The Morgan fingerprint density at radius 1 is 0.568 bits per heavy atom. The first-order valence-electron chi connectivity index (χ1n) is 12.7. The summed E-state index contributed by atoms with van der Waals surface area (Å²) in [6.07, 6.45) is 2.57. The first-order valence-corrected chi connectivity index (χ1v) is 12.7. The van der Waals surface area contributed by atoms with Gasteiger partial charge in [-0.2, -0.15) is 0 Å². The molecule has 37 heavy (non-hydrogen) atoms. The minimum absolute atomic E-state index is 0.244. The van der Waals surface area contributed by atoms with E-state index in [-0.39, 0.29) is 11.5 Å². The van der Waals surface area contributed by atoms with Gasteiger partial charge in [0, 0.05) is 27.1 Å². The lowest BCUT2D eigenvalue weighted by Crippen LogP contribution is -2.35. The zero-order valence-electron chi connectivity index (χ0n) is 22.1. The molecule has 0 heterocycles. The van der Waals surface area contributed by atoms with E-state index in [9.17, 15) is 10.2 Å². The molecule has 2 N–H and O–H groups in total. The second-order valence-corrected chi connectivity index (χ2v) is 9.73. The highest BCUT2D eigenvalue weighted by molar-refractivity contribution is 5.69. The Morgan fingerprint density at radius 2 is 0.946 bits per heavy atom. The molecule has 0 spiro atoms. The zero-order chi connectivity index (χ0) is 26.4. The molecule has 0 aromatic heterocycles. The summed E-state index contributed by atoms with van der Waals surface area (Å²) in [6, 6.07) is 27.9. The molecule has 0 amide bonds. The van der Waals surface area contributed by atoms with Crippen molar-refractivity contribution in [3.63, 3.8) is 0 Å². The maximum Gasteiger partial charge on any atom is 0.168 e. The number of aromatic hydroxyl groups is 2. The number of phenols is 2. The van der Waals surface area contributed by atoms with Crippen molar-refractivity contribution in [3.05, 3.63) is 107 Å². The Bertz CT molecular complexity index is 1220. The molecule has 4 rings (SSSR count). The van der Waals surface area contributed by atoms with Crippen molar-refractivity contribution in [2.75, 3.05) is 14.2 Å². The average molecular weight is 497 g/mol. The van der Waals surface area contributed by atoms with E-state index in [1.54, 1.807) is 26.4 Å². The fraction of sp³-hybridized carbons (Fsp3) is 0.273. The predicted molar refractivity (Wildman–Crippen MR) is 150 cm³/mol. The third-order valence-electron chi connectivity index (χ3n) is 7.20. The van der Waals surface area contributed by atoms with E-state index in [0.29, 0.717) is 25.7 Å². The second kappa shape index (κ2) is 11.6. The van der Waals surface area contributed by atoms with Crippen LogP contribution in [0.2, 0.25) is 0 Å². The molecule has 192 valence electrons. The number of phenolic OH excluding ortho intramolecular Hbond substituents is 2. The van der Waals surface area contributed by atoms with Crippen LogP contribution in [0.5, 0.6) is 11.5 Å². The predicted octanol–water partition coefficient (Wildman–Crippen LogP) is 7.60. The molecular formula is C33H36O4. The van der Waals surface area contributed by atoms with Crippen LogP contribution in [0.25, 0.3) is 22.3 Å². The maximum absolute atomic E-state index is 10.2. The van der Waals surface area contributed by atoms with Crippen LogP contribution < -0.4 is 0 Å². The van der Waals surface area contributed by atoms with Crippen molar-refractivity contribution in [2.24, 2.45) is 0 Å². The Morgan fingerprint density at radius 3 is 1.30 bits per heavy atom. The topological polar surface area (TPSA) is 58.9 Å². The number of hydrogen-bond acceptors (Lipinski definition) is 4. The van der Waals surface area contributed by atoms with Gasteiger partial charge in [-0.3, -0.25) is 0 Å². The van der Waals surface area contributed by atoms with E-state index in [0.717, 1.165) is 33.4 Å². The maximum atomic E-state index is 10.2. The number of hydrogen-bond donors (Lipinski definition) is 2. The lowest BCUT2D eigenvalue weighted by molar-refractivity contribution is -0.214. The van der Waals surface area contributed by atoms with Gasteiger partial charge < -0.3 is 19.7 Å². The van der Waals surface area contributed by atoms with E-state index in [4.69, 9.17) is 9.47 Å². The fourth-order valence-electron chi connectivity index (χ4n) is 4.87. The first-order chi connectivity index (χ1) is 17.8. The highest BCUT2D eigenvalue weighted by Crippen LogP contribution is 2.34. The monoisotopic (exact) mass is 496 g/mol. The van der Waals surface area contributed by atoms with Gasteiger partial charge in [-0.05, 0) is 84.3 Å². The molecule has 4 nitrogen and oxygen atoms in total. The van der Waals surface area contributed by atoms with Crippen molar-refractivity contribution in [3.8, 4) is 33.8 Å². The SMILES string of the molecule is COC(CCc1cc(O)ccc1-c1ccc(C)cc1)(CCc1cc(O)ccc1-c1ccc(C)cc1)OC. The lowest BCUT2D eigenvalue weighted by Gasteiger charge is -2.32. The van der Waals surface area contributed by atoms with Crippen LogP contribution in [-0.2, 0) is 22.3 Å². The third kappa shape index (κ3) is 6.40. The molecular weight excluding hydrogens is 460 g/mol. The molecule has 4 aromatic rings. The zero-order valence-corrected chi connectivity index (χ0v) is 22.1. The van der Waals surface area contributed by atoms with Gasteiger partial charge in [0.1, 0.15) is 11.5 Å². The molecule has 0 aliphatic carbocycles. The highest BCUT2D eigenvalue weighted by atomic mass is 16.7. The number of benzene rings is 4. The summed E-state index contributed by atoms with van der Waals surface area (Å²) < 4.78 is 11.9. The Balaban J connectivity index is 1.56. The van der Waals surface area contributed by atoms with Gasteiger partial charge in [0.2, 0.25) is 0 Å². The summed E-state index contributed by atoms with van der Waals surface area (Å²) in [5.74, 6) is -0.325. The lowest BCUT2D eigenvalue weighted by atomic mass is 9.90. The molecule has 0 aliphatic rings. The van der Waals surface area contributed by atoms with Gasteiger partial charge >= 0.3 is 0 Å². The van der Waals surface area contributed by atoms with Crippen LogP contribution >= 0.6 is 0 Å². The van der Waals surface area contributed by atoms with Gasteiger partial charge in [-0.1, -0.05) is 71.8 Å². The van der Waals surface area contributed by atoms with Gasteiger partial charge in [0.05, 0.1) is 0 Å². The Hall–Kier alpha value is -3.60. The quantitative estimate of drug-likeness (QED) is 0.222. The minimum atomic E-state index is -0.813. The molecule has 0 saturated heterocycles. The summed E-state index contributed by atoms with van der Waals surface area (Å²) in [6.45, 7) is 4.15. The number of methoxy groups -OCH3 is 2. The molecule has 0 bridgehead atoms. The fourth-order valence-corrected chi connectivity index (χ4v) is 4.87. The standard InChI is InChI=1S/C33H36O4/c1-23-5-9-25(10-6-23)31-15-13-29(34)21-27(31)17-19-33(36-3,37-4)20-18-28-22-30(35)14-16-32(28)26-11-7-24(2)8-12-26/h5-16,21-22,34-35H,17-20H2,1-4H3. The van der Waals surface area contributed by atoms with Crippen molar-refractivity contribution in [1.29, 1.82) is 0 Å². The first kappa shape index (κ1) is 26.5. The van der Waals surface area contributed by atoms with Crippen LogP contribution in [0.15, 0.2) is 84.9 Å². The van der Waals surface area contributed by atoms with Crippen LogP contribution in [0.1, 0.15) is 35.1 Å². The van der Waals surface area contributed by atoms with Crippen LogP contribution in [0.4, 0.5) is 0 Å². The second-order valence-electron chi connectivity index (χ2n) is 9.73. The van der Waals surface area contributed by atoms with Crippen LogP contribution in [0.3, 0.4) is 0 Å². The largest absolute Gasteiger partial charge is 0.508 e. The molecule has 4 aromatic carbocycles. The number of rotatable bonds is 10. The third-order valence-corrected chi connectivity index (χ3v) is 7.20. The molecule has 0 radical (unpaired) electrons. The summed E-state index contributed by atoms with van der Waals surface area (Å²) in [4.78, 5) is 0. The smallest absolute Gasteiger partial charge is 0.168 e. The summed E-state index contributed by atoms with van der Waals surface area (Å²) in [5.41, 5.74) is 8.91. The normalized spacial score (nSPS) is 11.6. The van der Waals surface area contributed by atoms with Gasteiger partial charge in [0.15, 0.2) is 5.79 Å². The van der Waals surface area contributed by atoms with Gasteiger partial charge in [-0.15, -0.1) is 0 Å². The Labute approximate surface area is 220 Å². The van der Waals surface area contributed by atoms with Gasteiger partial charge in [0.25, 0.3) is 0 Å². The van der Waals surface area contributed by atoms with E-state index >= 15 is 0 Å². The van der Waals surface area contributed by atoms with E-state index in [2.05, 4.69) is 62.4 Å². The minimum Gasteiger partial charge on any atom is -0.508 e. The Kier molecular flexibility index (Phi) is 8.32. The summed E-state index contributed by atoms with van der Waals surface area (Å²) >= 11 is 0. The molecule has 0 atom stereocenters. The van der Waals surface area contributed by atoms with E-state index < -0.39 is 5.79 Å². The molecule has 0 unspecified atom stereocenters. The number of ether oxygens (including phenoxy) is 2. The van der Waals surface area contributed by atoms with Crippen molar-refractivity contribution in [2.45, 2.75) is 45.3 Å². The van der Waals surface area contributed by atoms with Crippen LogP contribution in [0, 0.1) is 13.8 Å². The van der Waals surface area contributed by atoms with Gasteiger partial charge in [-0.25, -0.2) is 0 Å².